The molecule has 7 nitrogen and oxygen atoms in total. The second kappa shape index (κ2) is 8.28. The minimum Gasteiger partial charge on any atom is -0.301 e. The van der Waals surface area contributed by atoms with Gasteiger partial charge < -0.3 is 4.90 Å². The molecule has 0 saturated carbocycles. The van der Waals surface area contributed by atoms with E-state index in [4.69, 9.17) is 4.98 Å². The Balaban J connectivity index is 1.61. The molecule has 0 bridgehead atoms. The first-order chi connectivity index (χ1) is 14.3. The van der Waals surface area contributed by atoms with Crippen LogP contribution in [0.25, 0.3) is 22.2 Å². The maximum atomic E-state index is 11.5. The Morgan fingerprint density at radius 3 is 2.50 bits per heavy atom. The van der Waals surface area contributed by atoms with E-state index in [1.807, 2.05) is 24.4 Å². The van der Waals surface area contributed by atoms with Crippen LogP contribution in [-0.2, 0) is 10.0 Å². The van der Waals surface area contributed by atoms with E-state index in [-0.39, 0.29) is 0 Å². The van der Waals surface area contributed by atoms with Gasteiger partial charge in [-0.25, -0.2) is 13.4 Å². The molecule has 1 N–H and O–H groups in total. The Morgan fingerprint density at radius 2 is 1.80 bits per heavy atom. The van der Waals surface area contributed by atoms with Gasteiger partial charge in [0.15, 0.2) is 0 Å². The topological polar surface area (TPSA) is 88.1 Å². The van der Waals surface area contributed by atoms with Crippen molar-refractivity contribution in [2.45, 2.75) is 38.6 Å². The number of nitrogens with one attached hydrogen (secondary N) is 1. The third-order valence-electron chi connectivity index (χ3n) is 5.61. The van der Waals surface area contributed by atoms with Crippen LogP contribution in [0.15, 0.2) is 42.9 Å². The van der Waals surface area contributed by atoms with E-state index in [0.29, 0.717) is 17.6 Å². The van der Waals surface area contributed by atoms with Gasteiger partial charge >= 0.3 is 0 Å². The van der Waals surface area contributed by atoms with Crippen molar-refractivity contribution >= 4 is 26.7 Å². The van der Waals surface area contributed by atoms with Crippen molar-refractivity contribution in [1.29, 1.82) is 0 Å². The lowest BCUT2D eigenvalue weighted by molar-refractivity contribution is 0.171. The van der Waals surface area contributed by atoms with Gasteiger partial charge in [-0.3, -0.25) is 14.7 Å². The molecule has 1 saturated heterocycles. The summed E-state index contributed by atoms with van der Waals surface area (Å²) in [6.45, 7) is 6.67. The molecular weight excluding hydrogens is 398 g/mol. The van der Waals surface area contributed by atoms with Gasteiger partial charge in [-0.05, 0) is 63.5 Å². The van der Waals surface area contributed by atoms with E-state index in [2.05, 4.69) is 33.4 Å². The minimum absolute atomic E-state index is 0.435. The summed E-state index contributed by atoms with van der Waals surface area (Å²) in [5.41, 5.74) is 4.93. The minimum atomic E-state index is -3.35. The predicted molar refractivity (Wildman–Crippen MR) is 120 cm³/mol. The number of pyridine rings is 1. The average Bonchev–Trinajstić information content (AvgIpc) is 2.72. The highest BCUT2D eigenvalue weighted by Gasteiger charge is 2.23. The first-order valence-electron chi connectivity index (χ1n) is 10.2. The van der Waals surface area contributed by atoms with Gasteiger partial charge in [0.2, 0.25) is 10.0 Å². The van der Waals surface area contributed by atoms with Crippen molar-refractivity contribution in [3.63, 3.8) is 0 Å². The number of rotatable bonds is 5. The number of fused-ring (bicyclic) bond motifs is 1. The average molecular weight is 426 g/mol. The molecule has 3 heterocycles. The number of piperidine rings is 1. The number of anilines is 1. The summed E-state index contributed by atoms with van der Waals surface area (Å²) in [6, 6.07) is 8.25. The summed E-state index contributed by atoms with van der Waals surface area (Å²) in [4.78, 5) is 16.2. The summed E-state index contributed by atoms with van der Waals surface area (Å²) in [6.07, 6.45) is 8.44. The zero-order valence-electron chi connectivity index (χ0n) is 17.5. The molecule has 0 aliphatic carbocycles. The zero-order chi connectivity index (χ0) is 21.3. The van der Waals surface area contributed by atoms with E-state index < -0.39 is 10.0 Å². The molecule has 1 aliphatic heterocycles. The van der Waals surface area contributed by atoms with Gasteiger partial charge in [0.25, 0.3) is 0 Å². The third-order valence-corrected chi connectivity index (χ3v) is 6.22. The number of hydrogen-bond acceptors (Lipinski definition) is 6. The lowest BCUT2D eigenvalue weighted by atomic mass is 9.93. The van der Waals surface area contributed by atoms with Gasteiger partial charge in [0.05, 0.1) is 34.9 Å². The van der Waals surface area contributed by atoms with Crippen LogP contribution in [0.1, 0.15) is 38.3 Å². The van der Waals surface area contributed by atoms with Crippen molar-refractivity contribution in [1.82, 2.24) is 19.9 Å². The molecule has 0 atom stereocenters. The standard InChI is InChI=1S/C22H27N5O2S/c1-15(2)27-8-6-16(7-9-27)22-14-24-20-5-4-17(11-21(20)25-22)18-10-19(13-23-12-18)26-30(3,28)29/h4-5,10-16,26H,6-9H2,1-3H3. The number of nitrogens with zero attached hydrogens (tertiary/aromatic N) is 4. The second-order valence-corrected chi connectivity index (χ2v) is 9.99. The highest BCUT2D eigenvalue weighted by molar-refractivity contribution is 7.92. The number of aromatic nitrogens is 3. The van der Waals surface area contributed by atoms with Crippen LogP contribution < -0.4 is 4.72 Å². The van der Waals surface area contributed by atoms with Gasteiger partial charge in [0.1, 0.15) is 0 Å². The molecule has 8 heteroatoms. The fourth-order valence-corrected chi connectivity index (χ4v) is 4.52. The maximum absolute atomic E-state index is 11.5. The summed E-state index contributed by atoms with van der Waals surface area (Å²) < 4.78 is 25.5. The van der Waals surface area contributed by atoms with Crippen molar-refractivity contribution in [2.24, 2.45) is 0 Å². The maximum Gasteiger partial charge on any atom is 0.229 e. The molecule has 1 fully saturated rings. The summed E-state index contributed by atoms with van der Waals surface area (Å²) in [5, 5.41) is 0. The summed E-state index contributed by atoms with van der Waals surface area (Å²) >= 11 is 0. The van der Waals surface area contributed by atoms with Crippen LogP contribution in [0.4, 0.5) is 5.69 Å². The highest BCUT2D eigenvalue weighted by atomic mass is 32.2. The Labute approximate surface area is 177 Å². The van der Waals surface area contributed by atoms with Gasteiger partial charge in [0, 0.05) is 29.9 Å². The lowest BCUT2D eigenvalue weighted by Crippen LogP contribution is -2.38. The van der Waals surface area contributed by atoms with Gasteiger partial charge in [-0.15, -0.1) is 0 Å². The van der Waals surface area contributed by atoms with E-state index >= 15 is 0 Å². The molecule has 0 spiro atoms. The first kappa shape index (κ1) is 20.7. The molecule has 0 amide bonds. The largest absolute Gasteiger partial charge is 0.301 e. The summed E-state index contributed by atoms with van der Waals surface area (Å²) in [5.74, 6) is 0.435. The van der Waals surface area contributed by atoms with E-state index in [9.17, 15) is 8.42 Å². The van der Waals surface area contributed by atoms with Crippen LogP contribution >= 0.6 is 0 Å². The fourth-order valence-electron chi connectivity index (χ4n) is 3.98. The molecule has 1 aromatic carbocycles. The van der Waals surface area contributed by atoms with Crippen LogP contribution in [0, 0.1) is 0 Å². The van der Waals surface area contributed by atoms with Gasteiger partial charge in [-0.2, -0.15) is 0 Å². The lowest BCUT2D eigenvalue weighted by Gasteiger charge is -2.34. The molecule has 30 heavy (non-hydrogen) atoms. The molecule has 4 rings (SSSR count). The zero-order valence-corrected chi connectivity index (χ0v) is 18.4. The van der Waals surface area contributed by atoms with Crippen LogP contribution in [-0.4, -0.2) is 53.7 Å². The normalized spacial score (nSPS) is 16.3. The van der Waals surface area contributed by atoms with Crippen molar-refractivity contribution < 1.29 is 8.42 Å². The van der Waals surface area contributed by atoms with Crippen molar-refractivity contribution in [3.05, 3.63) is 48.5 Å². The van der Waals surface area contributed by atoms with E-state index in [1.54, 1.807) is 12.3 Å². The molecule has 3 aromatic rings. The van der Waals surface area contributed by atoms with E-state index in [0.717, 1.165) is 60.0 Å². The monoisotopic (exact) mass is 425 g/mol. The Hall–Kier alpha value is -2.58. The number of sulfonamides is 1. The van der Waals surface area contributed by atoms with Gasteiger partial charge in [-0.1, -0.05) is 6.07 Å². The third kappa shape index (κ3) is 4.76. The SMILES string of the molecule is CC(C)N1CCC(c2cnc3ccc(-c4cncc(NS(C)(=O)=O)c4)cc3n2)CC1. The molecule has 158 valence electrons. The quantitative estimate of drug-likeness (QED) is 0.671. The van der Waals surface area contributed by atoms with Crippen molar-refractivity contribution in [2.75, 3.05) is 24.1 Å². The Morgan fingerprint density at radius 1 is 1.03 bits per heavy atom. The smallest absolute Gasteiger partial charge is 0.229 e. The molecule has 1 aliphatic rings. The second-order valence-electron chi connectivity index (χ2n) is 8.24. The Kier molecular flexibility index (Phi) is 5.71. The van der Waals surface area contributed by atoms with Crippen LogP contribution in [0.2, 0.25) is 0 Å². The van der Waals surface area contributed by atoms with Crippen LogP contribution in [0.3, 0.4) is 0 Å². The summed E-state index contributed by atoms with van der Waals surface area (Å²) in [7, 11) is -3.35. The molecule has 2 aromatic heterocycles. The predicted octanol–water partition coefficient (Wildman–Crippen LogP) is 3.65. The molecule has 0 unspecified atom stereocenters. The van der Waals surface area contributed by atoms with E-state index in [1.165, 1.54) is 6.20 Å². The Bertz CT molecular complexity index is 1160. The first-order valence-corrected chi connectivity index (χ1v) is 12.1. The van der Waals surface area contributed by atoms with Crippen LogP contribution in [0.5, 0.6) is 0 Å². The molecule has 0 radical (unpaired) electrons. The van der Waals surface area contributed by atoms with Crippen molar-refractivity contribution in [3.8, 4) is 11.1 Å². The highest BCUT2D eigenvalue weighted by Crippen LogP contribution is 2.29. The molecular formula is C22H27N5O2S. The number of likely N-dealkylation sites (tertiary alicyclic amines) is 1. The number of benzene rings is 1. The number of hydrogen-bond donors (Lipinski definition) is 1. The fraction of sp³-hybridized carbons (Fsp3) is 0.409.